The molecule has 0 aromatic heterocycles. The van der Waals surface area contributed by atoms with Crippen molar-refractivity contribution in [1.82, 2.24) is 0 Å². The van der Waals surface area contributed by atoms with Crippen molar-refractivity contribution in [3.05, 3.63) is 59.7 Å². The van der Waals surface area contributed by atoms with Gasteiger partial charge in [-0.2, -0.15) is 5.26 Å². The summed E-state index contributed by atoms with van der Waals surface area (Å²) in [5.41, 5.74) is 4.18. The summed E-state index contributed by atoms with van der Waals surface area (Å²) >= 11 is 0. The molecule has 0 bridgehead atoms. The van der Waals surface area contributed by atoms with E-state index in [0.29, 0.717) is 5.56 Å². The van der Waals surface area contributed by atoms with Crippen LogP contribution in [0, 0.1) is 18.3 Å². The van der Waals surface area contributed by atoms with E-state index >= 15 is 0 Å². The Labute approximate surface area is 108 Å². The zero-order valence-corrected chi connectivity index (χ0v) is 10.7. The number of benzene rings is 2. The summed E-state index contributed by atoms with van der Waals surface area (Å²) in [6.45, 7) is 5.09. The SMILES string of the molecule is CCN(c1cccc(C#N)c1)c1ccccc1C. The molecule has 0 aliphatic carbocycles. The van der Waals surface area contributed by atoms with E-state index in [1.54, 1.807) is 0 Å². The molecule has 90 valence electrons. The number of nitriles is 1. The van der Waals surface area contributed by atoms with Crippen LogP contribution in [0.15, 0.2) is 48.5 Å². The third kappa shape index (κ3) is 2.36. The largest absolute Gasteiger partial charge is 0.342 e. The maximum Gasteiger partial charge on any atom is 0.0992 e. The zero-order valence-electron chi connectivity index (χ0n) is 10.7. The highest BCUT2D eigenvalue weighted by Crippen LogP contribution is 2.28. The van der Waals surface area contributed by atoms with Crippen molar-refractivity contribution in [1.29, 1.82) is 5.26 Å². The molecule has 2 nitrogen and oxygen atoms in total. The molecule has 2 aromatic carbocycles. The number of hydrogen-bond donors (Lipinski definition) is 0. The maximum atomic E-state index is 8.97. The number of nitrogens with zero attached hydrogens (tertiary/aromatic N) is 2. The van der Waals surface area contributed by atoms with Crippen LogP contribution in [0.25, 0.3) is 0 Å². The maximum absolute atomic E-state index is 8.97. The van der Waals surface area contributed by atoms with Crippen molar-refractivity contribution in [2.24, 2.45) is 0 Å². The van der Waals surface area contributed by atoms with Crippen LogP contribution >= 0.6 is 0 Å². The van der Waals surface area contributed by atoms with E-state index < -0.39 is 0 Å². The Morgan fingerprint density at radius 1 is 1.11 bits per heavy atom. The number of rotatable bonds is 3. The molecule has 0 atom stereocenters. The lowest BCUT2D eigenvalue weighted by atomic mass is 10.1. The van der Waals surface area contributed by atoms with Crippen LogP contribution in [0.1, 0.15) is 18.1 Å². The molecule has 0 saturated carbocycles. The first kappa shape index (κ1) is 12.2. The number of hydrogen-bond acceptors (Lipinski definition) is 2. The minimum absolute atomic E-state index is 0.694. The van der Waals surface area contributed by atoms with Gasteiger partial charge in [-0.15, -0.1) is 0 Å². The van der Waals surface area contributed by atoms with Crippen molar-refractivity contribution < 1.29 is 0 Å². The van der Waals surface area contributed by atoms with Crippen LogP contribution in [0.4, 0.5) is 11.4 Å². The normalized spacial score (nSPS) is 9.83. The van der Waals surface area contributed by atoms with Gasteiger partial charge in [0, 0.05) is 17.9 Å². The van der Waals surface area contributed by atoms with E-state index in [4.69, 9.17) is 5.26 Å². The second-order valence-corrected chi connectivity index (χ2v) is 4.19. The second-order valence-electron chi connectivity index (χ2n) is 4.19. The Morgan fingerprint density at radius 3 is 2.56 bits per heavy atom. The molecule has 0 aliphatic heterocycles. The predicted molar refractivity (Wildman–Crippen MR) is 75.0 cm³/mol. The lowest BCUT2D eigenvalue weighted by Gasteiger charge is -2.25. The Bertz CT molecular complexity index is 582. The summed E-state index contributed by atoms with van der Waals surface area (Å²) in [7, 11) is 0. The third-order valence-electron chi connectivity index (χ3n) is 3.01. The minimum atomic E-state index is 0.694. The molecule has 0 unspecified atom stereocenters. The summed E-state index contributed by atoms with van der Waals surface area (Å²) in [4.78, 5) is 2.22. The highest BCUT2D eigenvalue weighted by Gasteiger charge is 2.09. The minimum Gasteiger partial charge on any atom is -0.342 e. The molecule has 0 fully saturated rings. The van der Waals surface area contributed by atoms with Gasteiger partial charge < -0.3 is 4.90 Å². The molecule has 0 spiro atoms. The summed E-state index contributed by atoms with van der Waals surface area (Å²) < 4.78 is 0. The molecule has 0 saturated heterocycles. The number of aryl methyl sites for hydroxylation is 1. The van der Waals surface area contributed by atoms with E-state index in [-0.39, 0.29) is 0 Å². The first-order valence-corrected chi connectivity index (χ1v) is 6.09. The van der Waals surface area contributed by atoms with Crippen LogP contribution in [0.2, 0.25) is 0 Å². The summed E-state index contributed by atoms with van der Waals surface area (Å²) in [5.74, 6) is 0. The van der Waals surface area contributed by atoms with Gasteiger partial charge in [-0.25, -0.2) is 0 Å². The Balaban J connectivity index is 2.46. The summed E-state index contributed by atoms with van der Waals surface area (Å²) in [5, 5.41) is 8.97. The van der Waals surface area contributed by atoms with Crippen molar-refractivity contribution in [2.75, 3.05) is 11.4 Å². The van der Waals surface area contributed by atoms with Crippen molar-refractivity contribution >= 4 is 11.4 Å². The van der Waals surface area contributed by atoms with Gasteiger partial charge in [-0.1, -0.05) is 24.3 Å². The van der Waals surface area contributed by atoms with Crippen LogP contribution in [-0.4, -0.2) is 6.54 Å². The monoisotopic (exact) mass is 236 g/mol. The summed E-state index contributed by atoms with van der Waals surface area (Å²) in [6.07, 6.45) is 0. The van der Waals surface area contributed by atoms with Gasteiger partial charge in [0.15, 0.2) is 0 Å². The van der Waals surface area contributed by atoms with Crippen LogP contribution in [0.5, 0.6) is 0 Å². The molecule has 2 aromatic rings. The predicted octanol–water partition coefficient (Wildman–Crippen LogP) is 4.02. The fraction of sp³-hybridized carbons (Fsp3) is 0.188. The first-order chi connectivity index (χ1) is 8.76. The van der Waals surface area contributed by atoms with Crippen LogP contribution in [0.3, 0.4) is 0 Å². The zero-order chi connectivity index (χ0) is 13.0. The van der Waals surface area contributed by atoms with E-state index in [1.807, 2.05) is 36.4 Å². The van der Waals surface area contributed by atoms with Crippen molar-refractivity contribution in [3.8, 4) is 6.07 Å². The molecule has 2 heteroatoms. The molecule has 0 amide bonds. The average Bonchev–Trinajstić information content (AvgIpc) is 2.42. The van der Waals surface area contributed by atoms with Gasteiger partial charge in [-0.3, -0.25) is 0 Å². The Kier molecular flexibility index (Phi) is 3.64. The topological polar surface area (TPSA) is 27.0 Å². The van der Waals surface area contributed by atoms with Gasteiger partial charge >= 0.3 is 0 Å². The molecule has 18 heavy (non-hydrogen) atoms. The molecule has 0 radical (unpaired) electrons. The number of para-hydroxylation sites is 1. The van der Waals surface area contributed by atoms with Crippen molar-refractivity contribution in [2.45, 2.75) is 13.8 Å². The molecular formula is C16H16N2. The van der Waals surface area contributed by atoms with Gasteiger partial charge in [0.05, 0.1) is 11.6 Å². The Hall–Kier alpha value is -2.27. The summed E-state index contributed by atoms with van der Waals surface area (Å²) in [6, 6.07) is 18.2. The lowest BCUT2D eigenvalue weighted by molar-refractivity contribution is 1.01. The number of anilines is 2. The smallest absolute Gasteiger partial charge is 0.0992 e. The standard InChI is InChI=1S/C16H16N2/c1-3-18(16-10-5-4-7-13(16)2)15-9-6-8-14(11-15)12-17/h4-11H,3H2,1-2H3. The highest BCUT2D eigenvalue weighted by atomic mass is 15.1. The second kappa shape index (κ2) is 5.37. The fourth-order valence-electron chi connectivity index (χ4n) is 2.10. The average molecular weight is 236 g/mol. The van der Waals surface area contributed by atoms with Crippen LogP contribution < -0.4 is 4.90 Å². The fourth-order valence-corrected chi connectivity index (χ4v) is 2.10. The molecule has 0 heterocycles. The van der Waals surface area contributed by atoms with Gasteiger partial charge in [0.2, 0.25) is 0 Å². The molecule has 2 rings (SSSR count). The molecular weight excluding hydrogens is 220 g/mol. The van der Waals surface area contributed by atoms with E-state index in [2.05, 4.69) is 36.9 Å². The van der Waals surface area contributed by atoms with E-state index in [1.165, 1.54) is 11.3 Å². The molecule has 0 aliphatic rings. The van der Waals surface area contributed by atoms with E-state index in [0.717, 1.165) is 12.2 Å². The van der Waals surface area contributed by atoms with Gasteiger partial charge in [0.1, 0.15) is 0 Å². The molecule has 0 N–H and O–H groups in total. The highest BCUT2D eigenvalue weighted by molar-refractivity contribution is 5.67. The van der Waals surface area contributed by atoms with Crippen molar-refractivity contribution in [3.63, 3.8) is 0 Å². The quantitative estimate of drug-likeness (QED) is 0.804. The van der Waals surface area contributed by atoms with Gasteiger partial charge in [-0.05, 0) is 43.7 Å². The lowest BCUT2D eigenvalue weighted by Crippen LogP contribution is -2.17. The Morgan fingerprint density at radius 2 is 1.89 bits per heavy atom. The third-order valence-corrected chi connectivity index (χ3v) is 3.01. The van der Waals surface area contributed by atoms with Crippen LogP contribution in [-0.2, 0) is 0 Å². The van der Waals surface area contributed by atoms with E-state index in [9.17, 15) is 0 Å². The first-order valence-electron chi connectivity index (χ1n) is 6.09. The van der Waals surface area contributed by atoms with Gasteiger partial charge in [0.25, 0.3) is 0 Å².